The number of nitrogens with zero attached hydrogens (tertiary/aromatic N) is 1. The molecule has 26 heavy (non-hydrogen) atoms. The molecule has 0 spiro atoms. The van der Waals surface area contributed by atoms with Crippen LogP contribution in [0.5, 0.6) is 5.75 Å². The lowest BCUT2D eigenvalue weighted by Gasteiger charge is -2.33. The zero-order valence-electron chi connectivity index (χ0n) is 17.1. The molecule has 3 nitrogen and oxygen atoms in total. The lowest BCUT2D eigenvalue weighted by Crippen LogP contribution is -2.23. The van der Waals surface area contributed by atoms with E-state index >= 15 is 0 Å². The molecule has 0 radical (unpaired) electrons. The van der Waals surface area contributed by atoms with E-state index in [0.29, 0.717) is 8.58 Å². The number of anilines is 1. The number of methoxy groups -OCH3 is 1. The van der Waals surface area contributed by atoms with Crippen molar-refractivity contribution in [2.75, 3.05) is 32.9 Å². The Labute approximate surface area is 160 Å². The highest BCUT2D eigenvalue weighted by molar-refractivity contribution is 7.49. The van der Waals surface area contributed by atoms with Gasteiger partial charge in [-0.25, -0.2) is 0 Å². The Morgan fingerprint density at radius 2 is 1.85 bits per heavy atom. The lowest BCUT2D eigenvalue weighted by atomic mass is 9.94. The minimum absolute atomic E-state index is 0.00904. The second-order valence-electron chi connectivity index (χ2n) is 7.23. The summed E-state index contributed by atoms with van der Waals surface area (Å²) in [5.41, 5.74) is 5.01. The third-order valence-corrected chi connectivity index (χ3v) is 6.75. The van der Waals surface area contributed by atoms with E-state index in [-0.39, 0.29) is 11.9 Å². The molecule has 0 saturated carbocycles. The summed E-state index contributed by atoms with van der Waals surface area (Å²) in [6, 6.07) is 13.2. The van der Waals surface area contributed by atoms with Crippen molar-refractivity contribution in [3.8, 4) is 5.75 Å². The lowest BCUT2D eigenvalue weighted by molar-refractivity contribution is 0.0495. The smallest absolute Gasteiger partial charge is 0.188 e. The highest BCUT2D eigenvalue weighted by atomic mass is 31.1. The van der Waals surface area contributed by atoms with Crippen molar-refractivity contribution < 1.29 is 9.47 Å². The second kappa shape index (κ2) is 8.88. The zero-order valence-corrected chi connectivity index (χ0v) is 18.1. The van der Waals surface area contributed by atoms with Crippen molar-refractivity contribution in [3.63, 3.8) is 0 Å². The van der Waals surface area contributed by atoms with Crippen LogP contribution in [0.15, 0.2) is 36.4 Å². The Morgan fingerprint density at radius 1 is 1.12 bits per heavy atom. The van der Waals surface area contributed by atoms with E-state index in [1.807, 2.05) is 0 Å². The van der Waals surface area contributed by atoms with Gasteiger partial charge in [-0.1, -0.05) is 52.8 Å². The van der Waals surface area contributed by atoms with Crippen molar-refractivity contribution in [2.45, 2.75) is 39.3 Å². The summed E-state index contributed by atoms with van der Waals surface area (Å²) in [6.45, 7) is 9.13. The molecule has 142 valence electrons. The molecular weight excluding hydrogens is 341 g/mol. The van der Waals surface area contributed by atoms with Crippen LogP contribution in [0.4, 0.5) is 5.69 Å². The molecule has 0 fully saturated rings. The molecule has 0 N–H and O–H groups in total. The number of ether oxygens (including phenoxy) is 2. The van der Waals surface area contributed by atoms with Crippen molar-refractivity contribution >= 4 is 19.6 Å². The highest BCUT2D eigenvalue weighted by Crippen LogP contribution is 2.49. The third-order valence-electron chi connectivity index (χ3n) is 4.88. The molecule has 0 heterocycles. The van der Waals surface area contributed by atoms with E-state index in [2.05, 4.69) is 83.1 Å². The van der Waals surface area contributed by atoms with E-state index in [4.69, 9.17) is 9.47 Å². The van der Waals surface area contributed by atoms with Gasteiger partial charge in [0.1, 0.15) is 5.75 Å². The SMILES string of the molecule is CCC(C)(Pc1ccc(C)cc1N(C)C)c1cccc(C)c1OCOC. The van der Waals surface area contributed by atoms with E-state index in [1.165, 1.54) is 22.1 Å². The standard InChI is InChI=1S/C22H32NO2P/c1-8-22(4,18-11-9-10-17(3)21(18)25-15-24-7)26-20-13-12-16(2)14-19(20)23(5)6/h9-14,26H,8,15H2,1-7H3. The Hall–Kier alpha value is -1.57. The summed E-state index contributed by atoms with van der Waals surface area (Å²) in [6.07, 6.45) is 1.04. The monoisotopic (exact) mass is 373 g/mol. The topological polar surface area (TPSA) is 21.7 Å². The third kappa shape index (κ3) is 4.58. The molecule has 2 unspecified atom stereocenters. The second-order valence-corrected chi connectivity index (χ2v) is 9.12. The Kier molecular flexibility index (Phi) is 7.08. The van der Waals surface area contributed by atoms with Gasteiger partial charge in [-0.15, -0.1) is 0 Å². The van der Waals surface area contributed by atoms with E-state index in [0.717, 1.165) is 17.7 Å². The summed E-state index contributed by atoms with van der Waals surface area (Å²) in [4.78, 5) is 2.21. The quantitative estimate of drug-likeness (QED) is 0.481. The molecule has 0 aliphatic carbocycles. The maximum absolute atomic E-state index is 5.97. The molecule has 0 aliphatic rings. The van der Waals surface area contributed by atoms with Crippen LogP contribution in [0, 0.1) is 13.8 Å². The minimum atomic E-state index is 0.00904. The Morgan fingerprint density at radius 3 is 2.46 bits per heavy atom. The fraction of sp³-hybridized carbons (Fsp3) is 0.455. The van der Waals surface area contributed by atoms with Gasteiger partial charge in [-0.05, 0) is 42.8 Å². The number of hydrogen-bond acceptors (Lipinski definition) is 3. The van der Waals surface area contributed by atoms with Crippen LogP contribution < -0.4 is 14.9 Å². The molecule has 2 rings (SSSR count). The maximum Gasteiger partial charge on any atom is 0.188 e. The predicted octanol–water partition coefficient (Wildman–Crippen LogP) is 4.98. The van der Waals surface area contributed by atoms with Gasteiger partial charge in [-0.2, -0.15) is 0 Å². The van der Waals surface area contributed by atoms with E-state index in [1.54, 1.807) is 7.11 Å². The molecule has 0 aromatic heterocycles. The molecule has 0 amide bonds. The van der Waals surface area contributed by atoms with Gasteiger partial charge in [0.05, 0.1) is 0 Å². The molecule has 2 aromatic carbocycles. The Balaban J connectivity index is 2.49. The number of rotatable bonds is 8. The summed E-state index contributed by atoms with van der Waals surface area (Å²) in [5.74, 6) is 0.963. The predicted molar refractivity (Wildman–Crippen MR) is 115 cm³/mol. The summed E-state index contributed by atoms with van der Waals surface area (Å²) in [5, 5.41) is 1.40. The first-order valence-corrected chi connectivity index (χ1v) is 10.1. The first kappa shape index (κ1) is 20.7. The summed E-state index contributed by atoms with van der Waals surface area (Å²) >= 11 is 0. The van der Waals surface area contributed by atoms with Crippen LogP contribution in [0.2, 0.25) is 0 Å². The molecule has 4 heteroatoms. The van der Waals surface area contributed by atoms with Crippen LogP contribution in [-0.2, 0) is 9.89 Å². The largest absolute Gasteiger partial charge is 0.467 e. The zero-order chi connectivity index (χ0) is 19.3. The van der Waals surface area contributed by atoms with Crippen molar-refractivity contribution in [3.05, 3.63) is 53.1 Å². The van der Waals surface area contributed by atoms with E-state index < -0.39 is 0 Å². The first-order valence-electron chi connectivity index (χ1n) is 9.10. The van der Waals surface area contributed by atoms with E-state index in [9.17, 15) is 0 Å². The van der Waals surface area contributed by atoms with Gasteiger partial charge in [0.15, 0.2) is 6.79 Å². The van der Waals surface area contributed by atoms with Gasteiger partial charge < -0.3 is 14.4 Å². The fourth-order valence-corrected chi connectivity index (χ4v) is 4.85. The number of hydrogen-bond donors (Lipinski definition) is 0. The highest BCUT2D eigenvalue weighted by Gasteiger charge is 2.30. The first-order chi connectivity index (χ1) is 12.3. The van der Waals surface area contributed by atoms with Crippen LogP contribution in [0.1, 0.15) is 37.0 Å². The summed E-state index contributed by atoms with van der Waals surface area (Å²) < 4.78 is 11.1. The van der Waals surface area contributed by atoms with Gasteiger partial charge in [0, 0.05) is 37.6 Å². The van der Waals surface area contributed by atoms with Gasteiger partial charge in [0.25, 0.3) is 0 Å². The maximum atomic E-state index is 5.97. The van der Waals surface area contributed by atoms with Gasteiger partial charge in [-0.3, -0.25) is 0 Å². The molecule has 2 aromatic rings. The summed E-state index contributed by atoms with van der Waals surface area (Å²) in [7, 11) is 6.54. The minimum Gasteiger partial charge on any atom is -0.467 e. The van der Waals surface area contributed by atoms with Crippen LogP contribution >= 0.6 is 8.58 Å². The Bertz CT molecular complexity index is 745. The molecular formula is C22H32NO2P. The van der Waals surface area contributed by atoms with Crippen LogP contribution in [0.25, 0.3) is 0 Å². The average Bonchev–Trinajstić information content (AvgIpc) is 2.61. The number of aryl methyl sites for hydroxylation is 2. The average molecular weight is 373 g/mol. The molecule has 0 bridgehead atoms. The molecule has 0 aliphatic heterocycles. The van der Waals surface area contributed by atoms with Gasteiger partial charge >= 0.3 is 0 Å². The van der Waals surface area contributed by atoms with Crippen molar-refractivity contribution in [1.82, 2.24) is 0 Å². The van der Waals surface area contributed by atoms with Crippen molar-refractivity contribution in [1.29, 1.82) is 0 Å². The normalized spacial score (nSPS) is 13.8. The molecule has 2 atom stereocenters. The van der Waals surface area contributed by atoms with Crippen molar-refractivity contribution in [2.24, 2.45) is 0 Å². The van der Waals surface area contributed by atoms with Crippen LogP contribution in [0.3, 0.4) is 0 Å². The fourth-order valence-electron chi connectivity index (χ4n) is 3.16. The molecule has 0 saturated heterocycles. The van der Waals surface area contributed by atoms with Gasteiger partial charge in [0.2, 0.25) is 0 Å². The number of para-hydroxylation sites is 1. The number of benzene rings is 2. The van der Waals surface area contributed by atoms with Crippen LogP contribution in [-0.4, -0.2) is 28.0 Å².